The first-order valence-corrected chi connectivity index (χ1v) is 20.7. The van der Waals surface area contributed by atoms with Gasteiger partial charge in [-0.25, -0.2) is 4.98 Å². The molecule has 0 radical (unpaired) electrons. The molecule has 314 valence electrons. The van der Waals surface area contributed by atoms with Crippen LogP contribution in [0.2, 0.25) is 0 Å². The van der Waals surface area contributed by atoms with Gasteiger partial charge in [0.2, 0.25) is 5.88 Å². The number of fused-ring (bicyclic) bond motifs is 1. The van der Waals surface area contributed by atoms with Crippen molar-refractivity contribution in [2.24, 2.45) is 0 Å². The van der Waals surface area contributed by atoms with Crippen molar-refractivity contribution in [3.8, 4) is 11.6 Å². The molecule has 5 aromatic carbocycles. The van der Waals surface area contributed by atoms with Crippen molar-refractivity contribution in [2.45, 2.75) is 76.1 Å². The maximum absolute atomic E-state index is 12.9. The van der Waals surface area contributed by atoms with Gasteiger partial charge in [-0.3, -0.25) is 4.90 Å². The number of methoxy groups -OCH3 is 2. The van der Waals surface area contributed by atoms with Gasteiger partial charge in [0.1, 0.15) is 41.5 Å². The van der Waals surface area contributed by atoms with E-state index in [1.807, 2.05) is 114 Å². The highest BCUT2D eigenvalue weighted by Gasteiger charge is 2.55. The van der Waals surface area contributed by atoms with Crippen molar-refractivity contribution >= 4 is 11.0 Å². The summed E-state index contributed by atoms with van der Waals surface area (Å²) in [5, 5.41) is 12.9. The van der Waals surface area contributed by atoms with Crippen LogP contribution in [0.25, 0.3) is 11.0 Å². The molecule has 0 bridgehead atoms. The number of aromatic nitrogens is 3. The van der Waals surface area contributed by atoms with E-state index >= 15 is 0 Å². The molecule has 10 nitrogen and oxygen atoms in total. The van der Waals surface area contributed by atoms with Crippen molar-refractivity contribution in [3.63, 3.8) is 0 Å². The molecule has 8 rings (SSSR count). The fourth-order valence-electron chi connectivity index (χ4n) is 8.87. The summed E-state index contributed by atoms with van der Waals surface area (Å²) in [6.45, 7) is 7.56. The Morgan fingerprint density at radius 1 is 0.656 bits per heavy atom. The molecule has 2 aromatic heterocycles. The molecule has 4 atom stereocenters. The largest absolute Gasteiger partial charge is 0.497 e. The van der Waals surface area contributed by atoms with Gasteiger partial charge in [-0.05, 0) is 60.7 Å². The molecule has 0 unspecified atom stereocenters. The molecule has 1 saturated heterocycles. The third kappa shape index (κ3) is 8.55. The first kappa shape index (κ1) is 41.8. The van der Waals surface area contributed by atoms with Crippen LogP contribution in [0.15, 0.2) is 158 Å². The molecule has 61 heavy (non-hydrogen) atoms. The maximum Gasteiger partial charge on any atom is 0.241 e. The zero-order chi connectivity index (χ0) is 42.4. The summed E-state index contributed by atoms with van der Waals surface area (Å²) in [6, 6.07) is 47.8. The predicted octanol–water partition coefficient (Wildman–Crippen LogP) is 9.10. The van der Waals surface area contributed by atoms with Crippen LogP contribution in [0.1, 0.15) is 60.2 Å². The van der Waals surface area contributed by atoms with Crippen molar-refractivity contribution < 1.29 is 28.8 Å². The van der Waals surface area contributed by atoms with Crippen LogP contribution in [-0.2, 0) is 39.8 Å². The summed E-state index contributed by atoms with van der Waals surface area (Å²) in [7, 11) is 3.26. The van der Waals surface area contributed by atoms with Gasteiger partial charge in [-0.15, -0.1) is 0 Å². The second-order valence-corrected chi connectivity index (χ2v) is 16.4. The monoisotopic (exact) mass is 818 g/mol. The Bertz CT molecular complexity index is 2360. The van der Waals surface area contributed by atoms with E-state index in [2.05, 4.69) is 73.3 Å². The second kappa shape index (κ2) is 18.4. The second-order valence-electron chi connectivity index (χ2n) is 16.4. The highest BCUT2D eigenvalue weighted by atomic mass is 16.5. The van der Waals surface area contributed by atoms with Crippen molar-refractivity contribution in [3.05, 3.63) is 191 Å². The number of aliphatic hydroxyl groups is 1. The summed E-state index contributed by atoms with van der Waals surface area (Å²) >= 11 is 0. The van der Waals surface area contributed by atoms with Crippen molar-refractivity contribution in [2.75, 3.05) is 20.8 Å². The number of aliphatic hydroxyl groups excluding tert-OH is 1. The summed E-state index contributed by atoms with van der Waals surface area (Å²) in [5.74, 6) is 1.18. The highest BCUT2D eigenvalue weighted by Crippen LogP contribution is 2.48. The summed E-state index contributed by atoms with van der Waals surface area (Å²) in [5.41, 5.74) is 5.69. The minimum Gasteiger partial charge on any atom is -0.497 e. The smallest absolute Gasteiger partial charge is 0.241 e. The Kier molecular flexibility index (Phi) is 12.6. The normalized spacial score (nSPS) is 18.4. The first-order valence-electron chi connectivity index (χ1n) is 20.7. The van der Waals surface area contributed by atoms with E-state index in [-0.39, 0.29) is 19.9 Å². The van der Waals surface area contributed by atoms with Gasteiger partial charge in [0.25, 0.3) is 0 Å². The van der Waals surface area contributed by atoms with Gasteiger partial charge >= 0.3 is 0 Å². The molecule has 1 aliphatic heterocycles. The Morgan fingerprint density at radius 3 is 1.75 bits per heavy atom. The zero-order valence-corrected chi connectivity index (χ0v) is 35.4. The van der Waals surface area contributed by atoms with Crippen LogP contribution < -0.4 is 9.47 Å². The Morgan fingerprint density at radius 2 is 1.21 bits per heavy atom. The van der Waals surface area contributed by atoms with E-state index in [9.17, 15) is 5.11 Å². The lowest BCUT2D eigenvalue weighted by atomic mass is 9.80. The summed E-state index contributed by atoms with van der Waals surface area (Å²) < 4.78 is 34.0. The van der Waals surface area contributed by atoms with Gasteiger partial charge in [0.15, 0.2) is 0 Å². The van der Waals surface area contributed by atoms with Gasteiger partial charge in [0, 0.05) is 17.3 Å². The lowest BCUT2D eigenvalue weighted by Gasteiger charge is -2.43. The molecule has 1 fully saturated rings. The van der Waals surface area contributed by atoms with E-state index in [4.69, 9.17) is 28.7 Å². The highest BCUT2D eigenvalue weighted by molar-refractivity contribution is 5.84. The Balaban J connectivity index is 1.24. The van der Waals surface area contributed by atoms with Crippen LogP contribution in [-0.4, -0.2) is 69.2 Å². The van der Waals surface area contributed by atoms with E-state index in [1.165, 1.54) is 6.33 Å². The van der Waals surface area contributed by atoms with Crippen LogP contribution in [0.3, 0.4) is 0 Å². The predicted molar refractivity (Wildman–Crippen MR) is 236 cm³/mol. The van der Waals surface area contributed by atoms with Gasteiger partial charge in [-0.1, -0.05) is 133 Å². The van der Waals surface area contributed by atoms with Gasteiger partial charge < -0.3 is 33.4 Å². The molecule has 0 amide bonds. The molecule has 0 aliphatic carbocycles. The Labute approximate surface area is 358 Å². The van der Waals surface area contributed by atoms with Crippen LogP contribution in [0.5, 0.6) is 11.6 Å². The van der Waals surface area contributed by atoms with Gasteiger partial charge in [0.05, 0.1) is 52.2 Å². The van der Waals surface area contributed by atoms with E-state index < -0.39 is 35.4 Å². The topological polar surface area (TPSA) is 100 Å². The van der Waals surface area contributed by atoms with Crippen LogP contribution in [0.4, 0.5) is 0 Å². The number of likely N-dealkylation sites (tertiary alicyclic amines) is 1. The lowest BCUT2D eigenvalue weighted by Crippen LogP contribution is -2.51. The standard InChI is InChI=1S/C51H54N4O6/c1-50(2,3)55-43(33-61-51(38-20-12-7-13-21-38,39-22-14-8-15-23-39)40-24-16-9-17-25-40)47(56)48(60-32-37-26-28-41(57-4)29-27-37)45(55)42-30-54(35-59-31-36-18-10-6-11-19-36)46-44(42)52-34-53-49(46)58-5/h6-30,34,43,45,47-48,56H,31-33,35H2,1-5H3/t43-,45+,47+,48+/m1/s1. The van der Waals surface area contributed by atoms with Crippen LogP contribution >= 0.6 is 0 Å². The lowest BCUT2D eigenvalue weighted by molar-refractivity contribution is -0.0652. The maximum atomic E-state index is 12.9. The summed E-state index contributed by atoms with van der Waals surface area (Å²) in [6.07, 6.45) is 1.88. The van der Waals surface area contributed by atoms with E-state index in [0.717, 1.165) is 39.1 Å². The summed E-state index contributed by atoms with van der Waals surface area (Å²) in [4.78, 5) is 11.7. The number of rotatable bonds is 16. The minimum atomic E-state index is -1.00. The number of benzene rings is 5. The minimum absolute atomic E-state index is 0.160. The van der Waals surface area contributed by atoms with E-state index in [0.29, 0.717) is 23.5 Å². The third-order valence-electron chi connectivity index (χ3n) is 11.6. The third-order valence-corrected chi connectivity index (χ3v) is 11.6. The SMILES string of the molecule is COc1ccc(CO[C@@H]2[C@@H](O)[C@@H](COC(c3ccccc3)(c3ccccc3)c3ccccc3)N(C(C)(C)C)[C@H]2c2cn(COCc3ccccc3)c3c(OC)ncnc23)cc1. The molecule has 7 aromatic rings. The first-order chi connectivity index (χ1) is 29.7. The average molecular weight is 819 g/mol. The Hall–Kier alpha value is -5.88. The molecule has 3 heterocycles. The number of hydrogen-bond donors (Lipinski definition) is 1. The van der Waals surface area contributed by atoms with Crippen LogP contribution in [0, 0.1) is 0 Å². The molecule has 1 N–H and O–H groups in total. The average Bonchev–Trinajstić information content (AvgIpc) is 3.81. The molecular formula is C51H54N4O6. The number of ether oxygens (including phenoxy) is 5. The van der Waals surface area contributed by atoms with Crippen molar-refractivity contribution in [1.82, 2.24) is 19.4 Å². The van der Waals surface area contributed by atoms with Gasteiger partial charge in [-0.2, -0.15) is 4.98 Å². The fraction of sp³-hybridized carbons (Fsp3) is 0.294. The molecular weight excluding hydrogens is 765 g/mol. The quantitative estimate of drug-likeness (QED) is 0.0958. The fourth-order valence-corrected chi connectivity index (χ4v) is 8.87. The number of hydrogen-bond acceptors (Lipinski definition) is 9. The molecule has 0 spiro atoms. The molecule has 10 heteroatoms. The number of nitrogens with zero attached hydrogens (tertiary/aromatic N) is 4. The van der Waals surface area contributed by atoms with Crippen molar-refractivity contribution in [1.29, 1.82) is 0 Å². The molecule has 1 aliphatic rings. The molecule has 0 saturated carbocycles. The zero-order valence-electron chi connectivity index (χ0n) is 35.4. The van der Waals surface area contributed by atoms with E-state index in [1.54, 1.807) is 14.2 Å².